The van der Waals surface area contributed by atoms with Gasteiger partial charge in [0.2, 0.25) is 5.85 Å². The fourth-order valence-corrected chi connectivity index (χ4v) is 5.50. The molecule has 0 spiro atoms. The molecule has 0 unspecified atom stereocenters. The summed E-state index contributed by atoms with van der Waals surface area (Å²) in [6, 6.07) is 16.8. The first-order valence-electron chi connectivity index (χ1n) is 12.2. The Morgan fingerprint density at radius 3 is 2.15 bits per heavy atom. The van der Waals surface area contributed by atoms with Gasteiger partial charge >= 0.3 is 0 Å². The first-order chi connectivity index (χ1) is 18.7. The summed E-state index contributed by atoms with van der Waals surface area (Å²) in [5.74, 6) is -4.30. The first-order valence-corrected chi connectivity index (χ1v) is 13.7. The van der Waals surface area contributed by atoms with E-state index < -0.39 is 41.9 Å². The van der Waals surface area contributed by atoms with E-state index in [1.807, 2.05) is 22.6 Å². The Morgan fingerprint density at radius 2 is 1.56 bits per heavy atom. The number of hydrogen-bond donors (Lipinski definition) is 0. The molecule has 39 heavy (non-hydrogen) atoms. The van der Waals surface area contributed by atoms with Crippen LogP contribution in [0.5, 0.6) is 0 Å². The summed E-state index contributed by atoms with van der Waals surface area (Å²) in [7, 11) is 0. The van der Waals surface area contributed by atoms with Crippen LogP contribution in [-0.4, -0.2) is 59.6 Å². The topological polar surface area (TPSA) is 109 Å². The molecule has 12 heteroatoms. The van der Waals surface area contributed by atoms with Gasteiger partial charge in [0.05, 0.1) is 10.8 Å². The smallest absolute Gasteiger partial charge is 0.266 e. The lowest BCUT2D eigenvalue weighted by molar-refractivity contribution is -0.245. The second-order valence-electron chi connectivity index (χ2n) is 9.65. The van der Waals surface area contributed by atoms with Gasteiger partial charge < -0.3 is 14.2 Å². The van der Waals surface area contributed by atoms with Gasteiger partial charge in [-0.05, 0) is 38.1 Å². The molecule has 2 saturated heterocycles. The van der Waals surface area contributed by atoms with Crippen LogP contribution in [-0.2, 0) is 14.2 Å². The van der Waals surface area contributed by atoms with Gasteiger partial charge in [0.25, 0.3) is 11.8 Å². The third-order valence-electron chi connectivity index (χ3n) is 6.61. The molecular formula is C27H23FIN5O5. The number of halogens is 2. The highest BCUT2D eigenvalue weighted by Gasteiger charge is 2.64. The van der Waals surface area contributed by atoms with Crippen LogP contribution in [0.25, 0.3) is 11.2 Å². The van der Waals surface area contributed by atoms with Gasteiger partial charge in [-0.3, -0.25) is 14.2 Å². The molecule has 0 radical (unpaired) electrons. The van der Waals surface area contributed by atoms with Crippen molar-refractivity contribution in [2.75, 3.05) is 9.33 Å². The molecule has 0 bridgehead atoms. The normalized spacial score (nSPS) is 25.5. The van der Waals surface area contributed by atoms with E-state index in [1.54, 1.807) is 74.5 Å². The highest BCUT2D eigenvalue weighted by atomic mass is 127. The monoisotopic (exact) mass is 643 g/mol. The summed E-state index contributed by atoms with van der Waals surface area (Å²) in [4.78, 5) is 41.5. The van der Waals surface area contributed by atoms with Crippen LogP contribution >= 0.6 is 22.6 Å². The lowest BCUT2D eigenvalue weighted by Crippen LogP contribution is -2.40. The van der Waals surface area contributed by atoms with Gasteiger partial charge in [-0.25, -0.2) is 24.2 Å². The summed E-state index contributed by atoms with van der Waals surface area (Å²) in [6.07, 6.45) is -0.0842. The van der Waals surface area contributed by atoms with Gasteiger partial charge in [0.1, 0.15) is 12.4 Å². The van der Waals surface area contributed by atoms with Crippen molar-refractivity contribution in [3.05, 3.63) is 84.4 Å². The van der Waals surface area contributed by atoms with E-state index in [2.05, 4.69) is 15.0 Å². The number of nitrogens with zero attached hydrogens (tertiary/aromatic N) is 5. The highest BCUT2D eigenvalue weighted by Crippen LogP contribution is 2.50. The molecule has 200 valence electrons. The number of ether oxygens (including phenoxy) is 3. The lowest BCUT2D eigenvalue weighted by atomic mass is 10.1. The number of carbonyl (C=O) groups is 2. The van der Waals surface area contributed by atoms with E-state index in [9.17, 15) is 9.59 Å². The number of imide groups is 1. The molecule has 2 amide bonds. The third-order valence-corrected chi connectivity index (χ3v) is 7.65. The van der Waals surface area contributed by atoms with Crippen molar-refractivity contribution >= 4 is 51.4 Å². The molecule has 2 aliphatic rings. The number of hydrogen-bond acceptors (Lipinski definition) is 8. The molecule has 6 rings (SSSR count). The highest BCUT2D eigenvalue weighted by molar-refractivity contribution is 14.1. The first kappa shape index (κ1) is 25.9. The second-order valence-corrected chi connectivity index (χ2v) is 10.4. The molecule has 4 atom stereocenters. The van der Waals surface area contributed by atoms with Crippen molar-refractivity contribution in [1.82, 2.24) is 19.5 Å². The molecule has 2 aromatic heterocycles. The fourth-order valence-electron chi connectivity index (χ4n) is 4.88. The van der Waals surface area contributed by atoms with Crippen molar-refractivity contribution in [1.29, 1.82) is 0 Å². The minimum atomic E-state index is -2.10. The molecule has 4 heterocycles. The van der Waals surface area contributed by atoms with Crippen molar-refractivity contribution in [3.63, 3.8) is 0 Å². The largest absolute Gasteiger partial charge is 0.340 e. The maximum absolute atomic E-state index is 15.8. The summed E-state index contributed by atoms with van der Waals surface area (Å²) in [6.45, 7) is 3.43. The molecule has 0 N–H and O–H groups in total. The minimum absolute atomic E-state index is 0.0136. The Balaban J connectivity index is 1.46. The summed E-state index contributed by atoms with van der Waals surface area (Å²) < 4.78 is 35.0. The standard InChI is InChI=1S/C27H23FIN5O5/c1-26(2)37-19-20(38-26)27(28,13-29)39-25(19)33-15-32-18-21(33)30-14-31-22(18)34(23(35)16-9-5-3-6-10-16)24(36)17-11-7-4-8-12-17/h3-12,14-15,19-20,25H,13H2,1-2H3/t19-,20+,25-,27+/m1/s1. The number of benzene rings is 2. The molecule has 0 aliphatic carbocycles. The molecular weight excluding hydrogens is 620 g/mol. The van der Waals surface area contributed by atoms with Crippen LogP contribution in [0.15, 0.2) is 73.3 Å². The molecule has 4 aromatic rings. The Kier molecular flexibility index (Phi) is 6.44. The van der Waals surface area contributed by atoms with E-state index >= 15 is 4.39 Å². The van der Waals surface area contributed by atoms with E-state index in [-0.39, 0.29) is 32.5 Å². The van der Waals surface area contributed by atoms with Gasteiger partial charge in [-0.1, -0.05) is 59.0 Å². The Hall–Kier alpha value is -3.33. The van der Waals surface area contributed by atoms with E-state index in [1.165, 1.54) is 17.2 Å². The van der Waals surface area contributed by atoms with Gasteiger partial charge in [0.15, 0.2) is 35.1 Å². The predicted octanol–water partition coefficient (Wildman–Crippen LogP) is 4.46. The van der Waals surface area contributed by atoms with Gasteiger partial charge in [-0.2, -0.15) is 0 Å². The zero-order valence-electron chi connectivity index (χ0n) is 20.9. The molecule has 2 fully saturated rings. The zero-order chi connectivity index (χ0) is 27.4. The van der Waals surface area contributed by atoms with Crippen molar-refractivity contribution in [3.8, 4) is 0 Å². The van der Waals surface area contributed by atoms with Crippen LogP contribution in [0.2, 0.25) is 0 Å². The summed E-state index contributed by atoms with van der Waals surface area (Å²) in [5, 5.41) is 0. The van der Waals surface area contributed by atoms with Gasteiger partial charge in [0, 0.05) is 11.1 Å². The number of fused-ring (bicyclic) bond motifs is 2. The average Bonchev–Trinajstić information content (AvgIpc) is 3.60. The number of anilines is 1. The van der Waals surface area contributed by atoms with Gasteiger partial charge in [-0.15, -0.1) is 0 Å². The Morgan fingerprint density at radius 1 is 0.949 bits per heavy atom. The minimum Gasteiger partial charge on any atom is -0.340 e. The van der Waals surface area contributed by atoms with Crippen molar-refractivity contribution < 1.29 is 28.2 Å². The maximum Gasteiger partial charge on any atom is 0.266 e. The number of amides is 2. The van der Waals surface area contributed by atoms with Crippen molar-refractivity contribution in [2.45, 2.75) is 43.9 Å². The predicted molar refractivity (Wildman–Crippen MR) is 146 cm³/mol. The molecule has 0 saturated carbocycles. The summed E-state index contributed by atoms with van der Waals surface area (Å²) >= 11 is 1.91. The molecule has 10 nitrogen and oxygen atoms in total. The second kappa shape index (κ2) is 9.70. The van der Waals surface area contributed by atoms with Crippen molar-refractivity contribution in [2.24, 2.45) is 0 Å². The number of rotatable bonds is 5. The van der Waals surface area contributed by atoms with E-state index in [0.29, 0.717) is 0 Å². The van der Waals surface area contributed by atoms with Crippen LogP contribution in [0.1, 0.15) is 40.8 Å². The molecule has 2 aliphatic heterocycles. The number of carbonyl (C=O) groups excluding carboxylic acids is 2. The van der Waals surface area contributed by atoms with Crippen LogP contribution in [0.3, 0.4) is 0 Å². The zero-order valence-corrected chi connectivity index (χ0v) is 23.1. The van der Waals surface area contributed by atoms with Crippen LogP contribution in [0.4, 0.5) is 10.2 Å². The van der Waals surface area contributed by atoms with Crippen LogP contribution in [0, 0.1) is 0 Å². The number of alkyl halides is 2. The van der Waals surface area contributed by atoms with E-state index in [4.69, 9.17) is 14.2 Å². The SMILES string of the molecule is CC1(C)O[C@H]2[C@H](n3cnc4c(N(C(=O)c5ccccc5)C(=O)c5ccccc5)ncnc43)O[C@@](F)(CI)[C@H]2O1. The third kappa shape index (κ3) is 4.40. The quantitative estimate of drug-likeness (QED) is 0.178. The molecule has 2 aromatic carbocycles. The number of aromatic nitrogens is 4. The lowest BCUT2D eigenvalue weighted by Gasteiger charge is -2.27. The Labute approximate surface area is 236 Å². The summed E-state index contributed by atoms with van der Waals surface area (Å²) in [5.41, 5.74) is 0.979. The number of imidazole rings is 1. The average molecular weight is 643 g/mol. The maximum atomic E-state index is 15.8. The fraction of sp³-hybridized carbons (Fsp3) is 0.296. The Bertz CT molecular complexity index is 1500. The van der Waals surface area contributed by atoms with Crippen LogP contribution < -0.4 is 4.90 Å². The van der Waals surface area contributed by atoms with E-state index in [0.717, 1.165) is 4.90 Å².